The largest absolute Gasteiger partial charge is 0.508 e. The molecule has 42 heavy (non-hydrogen) atoms. The fourth-order valence-corrected chi connectivity index (χ4v) is 6.49. The summed E-state index contributed by atoms with van der Waals surface area (Å²) in [7, 11) is -4.48. The summed E-state index contributed by atoms with van der Waals surface area (Å²) in [6.07, 6.45) is 1.24. The van der Waals surface area contributed by atoms with E-state index in [9.17, 15) is 21.9 Å². The number of aromatic hydroxyl groups is 1. The summed E-state index contributed by atoms with van der Waals surface area (Å²) in [4.78, 5) is 13.8. The summed E-state index contributed by atoms with van der Waals surface area (Å²) in [5.74, 6) is 0.299. The van der Waals surface area contributed by atoms with Crippen LogP contribution in [-0.4, -0.2) is 51.0 Å². The SMILES string of the molecule is CN(C)c1ncnc(Oc2c(Oc3ccc(S(=O)(=O)c4ccc(O)cc4)cc3)cccc2S(=O)(=O)c2ccccc2)n1. The van der Waals surface area contributed by atoms with E-state index in [1.165, 1.54) is 85.2 Å². The van der Waals surface area contributed by atoms with E-state index in [1.807, 2.05) is 0 Å². The number of aromatic nitrogens is 3. The van der Waals surface area contributed by atoms with Crippen LogP contribution in [0.15, 0.2) is 123 Å². The van der Waals surface area contributed by atoms with Crippen LogP contribution in [0.3, 0.4) is 0 Å². The topological polar surface area (TPSA) is 149 Å². The number of para-hydroxylation sites is 1. The van der Waals surface area contributed by atoms with Gasteiger partial charge in [-0.25, -0.2) is 21.8 Å². The maximum atomic E-state index is 13.7. The normalized spacial score (nSPS) is 11.6. The van der Waals surface area contributed by atoms with Crippen molar-refractivity contribution in [2.75, 3.05) is 19.0 Å². The molecule has 5 rings (SSSR count). The van der Waals surface area contributed by atoms with Crippen LogP contribution in [0.25, 0.3) is 0 Å². The van der Waals surface area contributed by atoms with Crippen molar-refractivity contribution in [2.24, 2.45) is 0 Å². The van der Waals surface area contributed by atoms with Gasteiger partial charge in [-0.15, -0.1) is 0 Å². The highest BCUT2D eigenvalue weighted by Crippen LogP contribution is 2.41. The number of nitrogens with zero attached hydrogens (tertiary/aromatic N) is 4. The van der Waals surface area contributed by atoms with Gasteiger partial charge in [0.15, 0.2) is 11.5 Å². The lowest BCUT2D eigenvalue weighted by Gasteiger charge is -2.16. The molecule has 0 amide bonds. The van der Waals surface area contributed by atoms with Crippen LogP contribution in [0.5, 0.6) is 29.0 Å². The van der Waals surface area contributed by atoms with Gasteiger partial charge in [-0.2, -0.15) is 9.97 Å². The van der Waals surface area contributed by atoms with E-state index in [1.54, 1.807) is 37.2 Å². The molecule has 214 valence electrons. The summed E-state index contributed by atoms with van der Waals surface area (Å²) in [5, 5.41) is 9.49. The molecule has 0 aliphatic carbocycles. The van der Waals surface area contributed by atoms with Gasteiger partial charge in [-0.05, 0) is 72.8 Å². The maximum Gasteiger partial charge on any atom is 0.326 e. The van der Waals surface area contributed by atoms with E-state index < -0.39 is 19.7 Å². The molecule has 0 unspecified atom stereocenters. The molecule has 11 nitrogen and oxygen atoms in total. The van der Waals surface area contributed by atoms with Gasteiger partial charge in [0.05, 0.1) is 14.7 Å². The van der Waals surface area contributed by atoms with Gasteiger partial charge < -0.3 is 19.5 Å². The third kappa shape index (κ3) is 5.87. The van der Waals surface area contributed by atoms with Crippen molar-refractivity contribution in [3.05, 3.63) is 103 Å². The molecule has 4 aromatic carbocycles. The molecule has 0 aliphatic rings. The first-order valence-electron chi connectivity index (χ1n) is 12.3. The Morgan fingerprint density at radius 2 is 1.29 bits per heavy atom. The Hall–Kier alpha value is -5.01. The molecule has 0 bridgehead atoms. The second-order valence-corrected chi connectivity index (χ2v) is 12.9. The third-order valence-corrected chi connectivity index (χ3v) is 9.50. The van der Waals surface area contributed by atoms with Crippen molar-refractivity contribution >= 4 is 25.6 Å². The Kier molecular flexibility index (Phi) is 7.79. The molecule has 0 atom stereocenters. The lowest BCUT2D eigenvalue weighted by atomic mass is 10.3. The number of ether oxygens (including phenoxy) is 2. The Morgan fingerprint density at radius 1 is 0.667 bits per heavy atom. The second kappa shape index (κ2) is 11.5. The van der Waals surface area contributed by atoms with Crippen molar-refractivity contribution < 1.29 is 31.4 Å². The highest BCUT2D eigenvalue weighted by Gasteiger charge is 2.27. The third-order valence-electron chi connectivity index (χ3n) is 5.93. The molecule has 13 heteroatoms. The van der Waals surface area contributed by atoms with Gasteiger partial charge in [-0.1, -0.05) is 24.3 Å². The van der Waals surface area contributed by atoms with Crippen LogP contribution >= 0.6 is 0 Å². The van der Waals surface area contributed by atoms with Gasteiger partial charge in [0, 0.05) is 14.1 Å². The van der Waals surface area contributed by atoms with Crippen molar-refractivity contribution in [2.45, 2.75) is 19.6 Å². The van der Waals surface area contributed by atoms with Gasteiger partial charge in [0.2, 0.25) is 25.6 Å². The summed E-state index contributed by atoms with van der Waals surface area (Å²) < 4.78 is 65.3. The number of benzene rings is 4. The average molecular weight is 605 g/mol. The van der Waals surface area contributed by atoms with Crippen molar-refractivity contribution in [3.8, 4) is 29.0 Å². The molecule has 0 spiro atoms. The zero-order valence-corrected chi connectivity index (χ0v) is 24.0. The minimum atomic E-state index is -4.07. The average Bonchev–Trinajstić information content (AvgIpc) is 2.99. The van der Waals surface area contributed by atoms with Crippen LogP contribution in [-0.2, 0) is 19.7 Å². The van der Waals surface area contributed by atoms with Gasteiger partial charge in [0.25, 0.3) is 0 Å². The summed E-state index contributed by atoms with van der Waals surface area (Å²) in [6.45, 7) is 0. The number of phenolic OH excluding ortho intramolecular Hbond substituents is 1. The van der Waals surface area contributed by atoms with Crippen LogP contribution in [0, 0.1) is 0 Å². The quantitative estimate of drug-likeness (QED) is 0.245. The van der Waals surface area contributed by atoms with Crippen LogP contribution in [0.1, 0.15) is 0 Å². The first-order valence-corrected chi connectivity index (χ1v) is 15.3. The van der Waals surface area contributed by atoms with Gasteiger partial charge >= 0.3 is 6.01 Å². The molecule has 5 aromatic rings. The first-order chi connectivity index (χ1) is 20.1. The number of hydrogen-bond acceptors (Lipinski definition) is 11. The minimum absolute atomic E-state index is 0.00109. The van der Waals surface area contributed by atoms with E-state index in [4.69, 9.17) is 9.47 Å². The number of anilines is 1. The lowest BCUT2D eigenvalue weighted by molar-refractivity contribution is 0.387. The standard InChI is InChI=1S/C29H24N4O7S2/c1-33(2)28-30-19-31-29(32-28)40-27-25(9-6-10-26(27)42(37,38)22-7-4-3-5-8-22)39-21-13-17-24(18-14-21)41(35,36)23-15-11-20(34)12-16-23/h3-19,34H,1-2H3. The molecule has 0 saturated heterocycles. The van der Waals surface area contributed by atoms with Crippen molar-refractivity contribution in [1.29, 1.82) is 0 Å². The van der Waals surface area contributed by atoms with E-state index in [0.29, 0.717) is 0 Å². The molecule has 1 aromatic heterocycles. The molecule has 0 saturated carbocycles. The minimum Gasteiger partial charge on any atom is -0.508 e. The first kappa shape index (κ1) is 28.5. The number of phenols is 1. The Balaban J connectivity index is 1.54. The molecule has 0 aliphatic heterocycles. The molecular weight excluding hydrogens is 580 g/mol. The maximum absolute atomic E-state index is 13.7. The predicted octanol–water partition coefficient (Wildman–Crippen LogP) is 4.89. The van der Waals surface area contributed by atoms with Crippen LogP contribution in [0.2, 0.25) is 0 Å². The van der Waals surface area contributed by atoms with E-state index >= 15 is 0 Å². The fraction of sp³-hybridized carbons (Fsp3) is 0.0690. The highest BCUT2D eigenvalue weighted by atomic mass is 32.2. The number of sulfone groups is 2. The molecule has 1 N–H and O–H groups in total. The molecular formula is C29H24N4O7S2. The van der Waals surface area contributed by atoms with Crippen LogP contribution < -0.4 is 14.4 Å². The molecule has 1 heterocycles. The zero-order valence-electron chi connectivity index (χ0n) is 22.3. The van der Waals surface area contributed by atoms with Gasteiger partial charge in [0.1, 0.15) is 22.7 Å². The fourth-order valence-electron chi connectivity index (χ4n) is 3.82. The zero-order chi connectivity index (χ0) is 29.9. The van der Waals surface area contributed by atoms with Gasteiger partial charge in [-0.3, -0.25) is 0 Å². The Morgan fingerprint density at radius 3 is 1.93 bits per heavy atom. The Bertz CT molecular complexity index is 1930. The number of hydrogen-bond donors (Lipinski definition) is 1. The summed E-state index contributed by atoms with van der Waals surface area (Å²) in [6, 6.07) is 22.8. The monoisotopic (exact) mass is 604 g/mol. The van der Waals surface area contributed by atoms with Crippen molar-refractivity contribution in [1.82, 2.24) is 15.0 Å². The van der Waals surface area contributed by atoms with E-state index in [0.717, 1.165) is 0 Å². The summed E-state index contributed by atoms with van der Waals surface area (Å²) >= 11 is 0. The van der Waals surface area contributed by atoms with Crippen LogP contribution in [0.4, 0.5) is 5.95 Å². The van der Waals surface area contributed by atoms with Crippen molar-refractivity contribution in [3.63, 3.8) is 0 Å². The predicted molar refractivity (Wildman–Crippen MR) is 153 cm³/mol. The Labute approximate surface area is 242 Å². The number of rotatable bonds is 9. The molecule has 0 radical (unpaired) electrons. The molecule has 0 fully saturated rings. The smallest absolute Gasteiger partial charge is 0.326 e. The lowest BCUT2D eigenvalue weighted by Crippen LogP contribution is -2.13. The second-order valence-electron chi connectivity index (χ2n) is 9.04. The van der Waals surface area contributed by atoms with E-state index in [2.05, 4.69) is 15.0 Å². The van der Waals surface area contributed by atoms with E-state index in [-0.39, 0.29) is 54.5 Å². The highest BCUT2D eigenvalue weighted by molar-refractivity contribution is 7.91. The summed E-state index contributed by atoms with van der Waals surface area (Å²) in [5.41, 5.74) is 0.